The highest BCUT2D eigenvalue weighted by Crippen LogP contribution is 2.36. The summed E-state index contributed by atoms with van der Waals surface area (Å²) in [4.78, 5) is 3.90. The number of ether oxygens (including phenoxy) is 2. The molecule has 0 aliphatic carbocycles. The van der Waals surface area contributed by atoms with Crippen molar-refractivity contribution in [2.45, 2.75) is 6.92 Å². The number of rotatable bonds is 3. The summed E-state index contributed by atoms with van der Waals surface area (Å²) in [6.07, 6.45) is 1.30. The molecule has 18 heavy (non-hydrogen) atoms. The van der Waals surface area contributed by atoms with E-state index in [0.29, 0.717) is 17.0 Å². The Morgan fingerprint density at radius 3 is 2.44 bits per heavy atom. The van der Waals surface area contributed by atoms with Crippen LogP contribution in [0.15, 0.2) is 18.5 Å². The molecule has 1 aromatic carbocycles. The van der Waals surface area contributed by atoms with Gasteiger partial charge in [0.15, 0.2) is 5.15 Å². The molecule has 2 aromatic rings. The average Bonchev–Trinajstić information content (AvgIpc) is 2.39. The van der Waals surface area contributed by atoms with Gasteiger partial charge in [0, 0.05) is 0 Å². The van der Waals surface area contributed by atoms with Gasteiger partial charge < -0.3 is 9.47 Å². The van der Waals surface area contributed by atoms with E-state index in [1.54, 1.807) is 14.2 Å². The van der Waals surface area contributed by atoms with E-state index in [1.807, 2.05) is 19.1 Å². The predicted octanol–water partition coefficient (Wildman–Crippen LogP) is 2.52. The number of aryl methyl sites for hydroxylation is 1. The summed E-state index contributed by atoms with van der Waals surface area (Å²) < 4.78 is 10.6. The Morgan fingerprint density at radius 1 is 1.11 bits per heavy atom. The van der Waals surface area contributed by atoms with Crippen LogP contribution in [0.4, 0.5) is 0 Å². The largest absolute Gasteiger partial charge is 0.496 e. The number of benzene rings is 1. The third-order valence-electron chi connectivity index (χ3n) is 2.55. The van der Waals surface area contributed by atoms with Crippen LogP contribution in [0, 0.1) is 6.92 Å². The zero-order valence-corrected chi connectivity index (χ0v) is 11.0. The number of nitrogens with zero attached hydrogens (tertiary/aromatic N) is 3. The molecule has 0 unspecified atom stereocenters. The molecule has 0 atom stereocenters. The molecule has 1 heterocycles. The molecule has 0 radical (unpaired) electrons. The molecule has 0 aliphatic heterocycles. The van der Waals surface area contributed by atoms with Crippen molar-refractivity contribution in [3.63, 3.8) is 0 Å². The quantitative estimate of drug-likeness (QED) is 0.853. The van der Waals surface area contributed by atoms with E-state index in [-0.39, 0.29) is 5.15 Å². The summed E-state index contributed by atoms with van der Waals surface area (Å²) in [5, 5.41) is 7.99. The van der Waals surface area contributed by atoms with Crippen LogP contribution in [-0.4, -0.2) is 29.4 Å². The first kappa shape index (κ1) is 12.6. The van der Waals surface area contributed by atoms with Gasteiger partial charge in [-0.3, -0.25) is 0 Å². The van der Waals surface area contributed by atoms with Crippen molar-refractivity contribution >= 4 is 11.6 Å². The minimum Gasteiger partial charge on any atom is -0.496 e. The zero-order valence-electron chi connectivity index (χ0n) is 10.3. The third kappa shape index (κ3) is 2.22. The second-order valence-electron chi connectivity index (χ2n) is 3.62. The van der Waals surface area contributed by atoms with E-state index in [4.69, 9.17) is 21.1 Å². The summed E-state index contributed by atoms with van der Waals surface area (Å²) in [7, 11) is 3.19. The molecular weight excluding hydrogens is 254 g/mol. The maximum atomic E-state index is 6.01. The van der Waals surface area contributed by atoms with E-state index in [9.17, 15) is 0 Å². The van der Waals surface area contributed by atoms with Gasteiger partial charge in [-0.1, -0.05) is 11.6 Å². The summed E-state index contributed by atoms with van der Waals surface area (Å²) in [5.41, 5.74) is 2.13. The van der Waals surface area contributed by atoms with E-state index < -0.39 is 0 Å². The van der Waals surface area contributed by atoms with E-state index in [1.165, 1.54) is 6.33 Å². The first-order valence-electron chi connectivity index (χ1n) is 5.23. The summed E-state index contributed by atoms with van der Waals surface area (Å²) in [6.45, 7) is 1.93. The Balaban J connectivity index is 2.66. The Morgan fingerprint density at radius 2 is 1.83 bits per heavy atom. The van der Waals surface area contributed by atoms with E-state index >= 15 is 0 Å². The normalized spacial score (nSPS) is 10.2. The lowest BCUT2D eigenvalue weighted by Gasteiger charge is -2.12. The highest BCUT2D eigenvalue weighted by molar-refractivity contribution is 6.31. The summed E-state index contributed by atoms with van der Waals surface area (Å²) in [6, 6.07) is 3.67. The van der Waals surface area contributed by atoms with Crippen molar-refractivity contribution in [2.75, 3.05) is 14.2 Å². The lowest BCUT2D eigenvalue weighted by atomic mass is 10.1. The topological polar surface area (TPSA) is 57.1 Å². The molecule has 0 amide bonds. The third-order valence-corrected chi connectivity index (χ3v) is 2.82. The van der Waals surface area contributed by atoms with Gasteiger partial charge in [-0.05, 0) is 24.6 Å². The fourth-order valence-electron chi connectivity index (χ4n) is 1.66. The second kappa shape index (κ2) is 5.18. The molecule has 5 nitrogen and oxygen atoms in total. The number of halogens is 1. The molecule has 0 fully saturated rings. The van der Waals surface area contributed by atoms with Gasteiger partial charge in [0.2, 0.25) is 0 Å². The van der Waals surface area contributed by atoms with Crippen LogP contribution < -0.4 is 9.47 Å². The minimum atomic E-state index is 0.272. The van der Waals surface area contributed by atoms with Crippen LogP contribution in [0.25, 0.3) is 11.3 Å². The Labute approximate surface area is 110 Å². The van der Waals surface area contributed by atoms with Crippen molar-refractivity contribution < 1.29 is 9.47 Å². The fraction of sp³-hybridized carbons (Fsp3) is 0.250. The fourth-order valence-corrected chi connectivity index (χ4v) is 1.85. The lowest BCUT2D eigenvalue weighted by Crippen LogP contribution is -1.97. The van der Waals surface area contributed by atoms with Crippen molar-refractivity contribution in [2.24, 2.45) is 0 Å². The van der Waals surface area contributed by atoms with Crippen LogP contribution in [0.1, 0.15) is 5.56 Å². The molecule has 0 saturated carbocycles. The van der Waals surface area contributed by atoms with Crippen molar-refractivity contribution in [1.29, 1.82) is 0 Å². The van der Waals surface area contributed by atoms with Crippen LogP contribution in [0.3, 0.4) is 0 Å². The van der Waals surface area contributed by atoms with Gasteiger partial charge in [-0.2, -0.15) is 0 Å². The summed E-state index contributed by atoms with van der Waals surface area (Å²) >= 11 is 6.01. The Kier molecular flexibility index (Phi) is 3.62. The predicted molar refractivity (Wildman–Crippen MR) is 68.1 cm³/mol. The summed E-state index contributed by atoms with van der Waals surface area (Å²) in [5.74, 6) is 1.38. The van der Waals surface area contributed by atoms with Crippen LogP contribution in [0.5, 0.6) is 11.5 Å². The van der Waals surface area contributed by atoms with Crippen molar-refractivity contribution in [3.8, 4) is 22.8 Å². The lowest BCUT2D eigenvalue weighted by molar-refractivity contribution is 0.401. The molecule has 94 valence electrons. The van der Waals surface area contributed by atoms with Crippen molar-refractivity contribution in [1.82, 2.24) is 15.2 Å². The van der Waals surface area contributed by atoms with Crippen molar-refractivity contribution in [3.05, 3.63) is 29.2 Å². The first-order valence-corrected chi connectivity index (χ1v) is 5.61. The minimum absolute atomic E-state index is 0.272. The molecule has 0 aliphatic rings. The molecule has 0 spiro atoms. The molecule has 0 saturated heterocycles. The van der Waals surface area contributed by atoms with E-state index in [0.717, 1.165) is 11.3 Å². The first-order chi connectivity index (χ1) is 8.67. The number of aromatic nitrogens is 3. The number of methoxy groups -OCH3 is 2. The molecule has 6 heteroatoms. The van der Waals surface area contributed by atoms with Crippen LogP contribution in [0.2, 0.25) is 5.15 Å². The zero-order chi connectivity index (χ0) is 13.1. The highest BCUT2D eigenvalue weighted by Gasteiger charge is 2.15. The van der Waals surface area contributed by atoms with Gasteiger partial charge in [-0.25, -0.2) is 4.98 Å². The standard InChI is InChI=1S/C12H12ClN3O2/c1-7-4-10(18-3)8(5-9(7)17-2)11-12(13)14-6-15-16-11/h4-6H,1-3H3. The molecule has 1 aromatic heterocycles. The Hall–Kier alpha value is -1.88. The maximum absolute atomic E-state index is 6.01. The van der Waals surface area contributed by atoms with Gasteiger partial charge in [0.25, 0.3) is 0 Å². The number of hydrogen-bond acceptors (Lipinski definition) is 5. The highest BCUT2D eigenvalue weighted by atomic mass is 35.5. The monoisotopic (exact) mass is 265 g/mol. The van der Waals surface area contributed by atoms with Gasteiger partial charge in [0.1, 0.15) is 23.5 Å². The maximum Gasteiger partial charge on any atom is 0.159 e. The molecule has 2 rings (SSSR count). The Bertz CT molecular complexity index is 575. The SMILES string of the molecule is COc1cc(-c2nncnc2Cl)c(OC)cc1C. The van der Waals surface area contributed by atoms with Gasteiger partial charge in [0.05, 0.1) is 19.8 Å². The molecular formula is C12H12ClN3O2. The molecule has 0 N–H and O–H groups in total. The van der Waals surface area contributed by atoms with Gasteiger partial charge in [-0.15, -0.1) is 10.2 Å². The van der Waals surface area contributed by atoms with Gasteiger partial charge >= 0.3 is 0 Å². The number of hydrogen-bond donors (Lipinski definition) is 0. The van der Waals surface area contributed by atoms with Crippen LogP contribution in [-0.2, 0) is 0 Å². The molecule has 0 bridgehead atoms. The van der Waals surface area contributed by atoms with Crippen LogP contribution >= 0.6 is 11.6 Å². The average molecular weight is 266 g/mol. The smallest absolute Gasteiger partial charge is 0.159 e. The van der Waals surface area contributed by atoms with E-state index in [2.05, 4.69) is 15.2 Å². The second-order valence-corrected chi connectivity index (χ2v) is 3.98.